The fourth-order valence-electron chi connectivity index (χ4n) is 8.03. The molecule has 0 unspecified atom stereocenters. The van der Waals surface area contributed by atoms with Gasteiger partial charge in [0.15, 0.2) is 6.10 Å². The highest BCUT2D eigenvalue weighted by atomic mass is 16.6. The van der Waals surface area contributed by atoms with E-state index in [2.05, 4.69) is 69.4 Å². The lowest BCUT2D eigenvalue weighted by molar-refractivity contribution is -0.167. The Hall–Kier alpha value is -2.63. The van der Waals surface area contributed by atoms with E-state index in [4.69, 9.17) is 14.2 Å². The van der Waals surface area contributed by atoms with Crippen LogP contribution in [0.25, 0.3) is 0 Å². The van der Waals surface area contributed by atoms with Gasteiger partial charge in [-0.05, 0) is 83.5 Å². The normalized spacial score (nSPS) is 12.4. The van der Waals surface area contributed by atoms with Crippen LogP contribution >= 0.6 is 0 Å². The SMILES string of the molecule is CCCCC/C=C\C/C=C\CCCCCCCCCCCC(=O)O[C@H](COC(=O)CCCCCCC/C=C\C/C=C\CCCCC)COC(=O)CCCCCCCCCCCCCCC. The van der Waals surface area contributed by atoms with Crippen molar-refractivity contribution < 1.29 is 28.6 Å². The summed E-state index contributed by atoms with van der Waals surface area (Å²) in [5.41, 5.74) is 0. The molecule has 0 rings (SSSR count). The van der Waals surface area contributed by atoms with E-state index in [0.717, 1.165) is 83.5 Å². The van der Waals surface area contributed by atoms with Gasteiger partial charge in [-0.25, -0.2) is 0 Å². The predicted octanol–water partition coefficient (Wildman–Crippen LogP) is 18.7. The summed E-state index contributed by atoms with van der Waals surface area (Å²) < 4.78 is 16.8. The Morgan fingerprint density at radius 2 is 0.554 bits per heavy atom. The number of carbonyl (C=O) groups excluding carboxylic acids is 3. The van der Waals surface area contributed by atoms with Crippen LogP contribution in [0.4, 0.5) is 0 Å². The fourth-order valence-corrected chi connectivity index (χ4v) is 8.03. The number of hydrogen-bond donors (Lipinski definition) is 0. The van der Waals surface area contributed by atoms with Gasteiger partial charge in [-0.3, -0.25) is 14.4 Å². The van der Waals surface area contributed by atoms with Crippen molar-refractivity contribution in [3.63, 3.8) is 0 Å². The molecule has 0 aromatic rings. The second-order valence-electron chi connectivity index (χ2n) is 18.8. The van der Waals surface area contributed by atoms with Gasteiger partial charge >= 0.3 is 17.9 Å². The smallest absolute Gasteiger partial charge is 0.306 e. The first-order valence-corrected chi connectivity index (χ1v) is 28.1. The molecule has 0 saturated carbocycles. The van der Waals surface area contributed by atoms with E-state index in [1.807, 2.05) is 0 Å². The van der Waals surface area contributed by atoms with E-state index in [-0.39, 0.29) is 31.1 Å². The lowest BCUT2D eigenvalue weighted by atomic mass is 10.0. The zero-order valence-electron chi connectivity index (χ0n) is 43.3. The van der Waals surface area contributed by atoms with Crippen LogP contribution in [0.1, 0.15) is 290 Å². The van der Waals surface area contributed by atoms with Crippen molar-refractivity contribution in [2.75, 3.05) is 13.2 Å². The van der Waals surface area contributed by atoms with E-state index in [1.54, 1.807) is 0 Å². The van der Waals surface area contributed by atoms with Crippen LogP contribution in [0.5, 0.6) is 0 Å². The van der Waals surface area contributed by atoms with Gasteiger partial charge in [-0.15, -0.1) is 0 Å². The first-order chi connectivity index (χ1) is 32.0. The summed E-state index contributed by atoms with van der Waals surface area (Å²) >= 11 is 0. The molecule has 6 heteroatoms. The maximum absolute atomic E-state index is 12.8. The minimum absolute atomic E-state index is 0.0766. The van der Waals surface area contributed by atoms with E-state index >= 15 is 0 Å². The highest BCUT2D eigenvalue weighted by molar-refractivity contribution is 5.71. The van der Waals surface area contributed by atoms with Crippen LogP contribution in [0.15, 0.2) is 48.6 Å². The number of esters is 3. The summed E-state index contributed by atoms with van der Waals surface area (Å²) in [7, 11) is 0. The van der Waals surface area contributed by atoms with E-state index < -0.39 is 6.10 Å². The monoisotopic (exact) mass is 911 g/mol. The molecule has 6 nitrogen and oxygen atoms in total. The first-order valence-electron chi connectivity index (χ1n) is 28.1. The average Bonchev–Trinajstić information content (AvgIpc) is 3.30. The van der Waals surface area contributed by atoms with Gasteiger partial charge in [0.2, 0.25) is 0 Å². The molecule has 0 radical (unpaired) electrons. The summed E-state index contributed by atoms with van der Waals surface area (Å²) in [6.45, 7) is 6.60. The van der Waals surface area contributed by atoms with Crippen molar-refractivity contribution in [3.8, 4) is 0 Å². The molecule has 0 saturated heterocycles. The van der Waals surface area contributed by atoms with Gasteiger partial charge in [0.25, 0.3) is 0 Å². The standard InChI is InChI=1S/C59H106O6/c1-4-7-10-13-16-19-22-25-27-28-29-30-32-35-38-41-44-47-50-53-59(62)65-56(54-63-57(60)51-48-45-42-39-36-33-24-21-18-15-12-9-6-3)55-64-58(61)52-49-46-43-40-37-34-31-26-23-20-17-14-11-8-5-2/h16-17,19-20,25-27,31,56H,4-15,18,21-24,28-30,32-55H2,1-3H3/b19-16-,20-17-,27-25-,31-26-/t56-/m0/s1. The second kappa shape index (κ2) is 54.0. The Morgan fingerprint density at radius 1 is 0.308 bits per heavy atom. The van der Waals surface area contributed by atoms with E-state index in [1.165, 1.54) is 167 Å². The second-order valence-corrected chi connectivity index (χ2v) is 18.8. The van der Waals surface area contributed by atoms with Gasteiger partial charge in [-0.2, -0.15) is 0 Å². The third kappa shape index (κ3) is 52.2. The quantitative estimate of drug-likeness (QED) is 0.0262. The Balaban J connectivity index is 4.37. The van der Waals surface area contributed by atoms with Crippen molar-refractivity contribution in [1.29, 1.82) is 0 Å². The third-order valence-electron chi connectivity index (χ3n) is 12.3. The minimum atomic E-state index is -0.778. The molecule has 0 aliphatic carbocycles. The van der Waals surface area contributed by atoms with Crippen LogP contribution in [0.3, 0.4) is 0 Å². The summed E-state index contributed by atoms with van der Waals surface area (Å²) in [5.74, 6) is -0.883. The zero-order valence-corrected chi connectivity index (χ0v) is 43.3. The molecule has 0 heterocycles. The highest BCUT2D eigenvalue weighted by Crippen LogP contribution is 2.16. The van der Waals surface area contributed by atoms with Gasteiger partial charge in [0.05, 0.1) is 0 Å². The maximum Gasteiger partial charge on any atom is 0.306 e. The number of carbonyl (C=O) groups is 3. The van der Waals surface area contributed by atoms with Crippen molar-refractivity contribution in [2.45, 2.75) is 297 Å². The van der Waals surface area contributed by atoms with Crippen LogP contribution < -0.4 is 0 Å². The van der Waals surface area contributed by atoms with Gasteiger partial charge in [0, 0.05) is 19.3 Å². The molecule has 0 amide bonds. The summed E-state index contributed by atoms with van der Waals surface area (Å²) in [6, 6.07) is 0. The van der Waals surface area contributed by atoms with Crippen molar-refractivity contribution >= 4 is 17.9 Å². The number of hydrogen-bond acceptors (Lipinski definition) is 6. The fraction of sp³-hybridized carbons (Fsp3) is 0.814. The summed E-state index contributed by atoms with van der Waals surface area (Å²) in [4.78, 5) is 38.1. The molecule has 0 bridgehead atoms. The van der Waals surface area contributed by atoms with Crippen LogP contribution in [0.2, 0.25) is 0 Å². The van der Waals surface area contributed by atoms with Gasteiger partial charge < -0.3 is 14.2 Å². The van der Waals surface area contributed by atoms with Crippen LogP contribution in [-0.4, -0.2) is 37.2 Å². The molecular formula is C59H106O6. The molecule has 65 heavy (non-hydrogen) atoms. The lowest BCUT2D eigenvalue weighted by Gasteiger charge is -2.18. The van der Waals surface area contributed by atoms with Crippen LogP contribution in [-0.2, 0) is 28.6 Å². The first kappa shape index (κ1) is 62.4. The number of unbranched alkanes of at least 4 members (excludes halogenated alkanes) is 32. The Kier molecular flexibility index (Phi) is 51.8. The number of allylic oxidation sites excluding steroid dienone is 8. The Bertz CT molecular complexity index is 1140. The minimum Gasteiger partial charge on any atom is -0.462 e. The van der Waals surface area contributed by atoms with Crippen molar-refractivity contribution in [2.24, 2.45) is 0 Å². The van der Waals surface area contributed by atoms with E-state index in [0.29, 0.717) is 19.3 Å². The summed E-state index contributed by atoms with van der Waals surface area (Å²) in [6.07, 6.45) is 65.2. The molecule has 0 aromatic carbocycles. The molecule has 0 aliphatic heterocycles. The Morgan fingerprint density at radius 3 is 0.877 bits per heavy atom. The largest absolute Gasteiger partial charge is 0.462 e. The van der Waals surface area contributed by atoms with Crippen molar-refractivity contribution in [3.05, 3.63) is 48.6 Å². The highest BCUT2D eigenvalue weighted by Gasteiger charge is 2.19. The number of ether oxygens (including phenoxy) is 3. The zero-order chi connectivity index (χ0) is 47.2. The van der Waals surface area contributed by atoms with Gasteiger partial charge in [0.1, 0.15) is 13.2 Å². The van der Waals surface area contributed by atoms with E-state index in [9.17, 15) is 14.4 Å². The summed E-state index contributed by atoms with van der Waals surface area (Å²) in [5, 5.41) is 0. The molecule has 378 valence electrons. The third-order valence-corrected chi connectivity index (χ3v) is 12.3. The molecule has 0 fully saturated rings. The predicted molar refractivity (Wildman–Crippen MR) is 279 cm³/mol. The molecule has 0 spiro atoms. The topological polar surface area (TPSA) is 78.9 Å². The van der Waals surface area contributed by atoms with Crippen LogP contribution in [0, 0.1) is 0 Å². The molecule has 1 atom stereocenters. The van der Waals surface area contributed by atoms with Gasteiger partial charge in [-0.1, -0.05) is 236 Å². The van der Waals surface area contributed by atoms with Crippen molar-refractivity contribution in [1.82, 2.24) is 0 Å². The maximum atomic E-state index is 12.8. The molecule has 0 aromatic heterocycles. The lowest BCUT2D eigenvalue weighted by Crippen LogP contribution is -2.30. The molecule has 0 aliphatic rings. The average molecular weight is 911 g/mol. The Labute approximate surface area is 403 Å². The molecular weight excluding hydrogens is 805 g/mol. The number of rotatable bonds is 51. The molecule has 0 N–H and O–H groups in total.